The molecule has 1 aliphatic heterocycles. The Morgan fingerprint density at radius 3 is 3.00 bits per heavy atom. The molecule has 0 fully saturated rings. The average Bonchev–Trinajstić information content (AvgIpc) is 2.34. The lowest BCUT2D eigenvalue weighted by molar-refractivity contribution is -0.141. The van der Waals surface area contributed by atoms with Crippen molar-refractivity contribution in [2.75, 3.05) is 5.75 Å². The number of aliphatic imine (C=N–C) groups is 1. The molecule has 1 rings (SSSR count). The minimum Gasteiger partial charge on any atom is -0.481 e. The van der Waals surface area contributed by atoms with E-state index in [9.17, 15) is 4.79 Å². The molecule has 0 spiro atoms. The van der Waals surface area contributed by atoms with E-state index in [0.717, 1.165) is 0 Å². The van der Waals surface area contributed by atoms with Crippen LogP contribution in [0.4, 0.5) is 0 Å². The number of carboxylic acids is 1. The SMILES string of the molecule is C[C@@H](C(=O)O)[C@@H]1CSC(N)=N1. The summed E-state index contributed by atoms with van der Waals surface area (Å²) in [5.74, 6) is -0.545. The van der Waals surface area contributed by atoms with Crippen LogP contribution in [0.15, 0.2) is 4.99 Å². The van der Waals surface area contributed by atoms with Crippen LogP contribution < -0.4 is 5.73 Å². The van der Waals surface area contributed by atoms with Gasteiger partial charge in [0.05, 0.1) is 12.0 Å². The summed E-state index contributed by atoms with van der Waals surface area (Å²) < 4.78 is 0. The first-order chi connectivity index (χ1) is 5.11. The molecule has 0 aliphatic carbocycles. The van der Waals surface area contributed by atoms with Crippen LogP contribution in [0.25, 0.3) is 0 Å². The van der Waals surface area contributed by atoms with Gasteiger partial charge in [-0.1, -0.05) is 11.8 Å². The van der Waals surface area contributed by atoms with Gasteiger partial charge < -0.3 is 10.8 Å². The van der Waals surface area contributed by atoms with E-state index in [1.165, 1.54) is 11.8 Å². The average molecular weight is 174 g/mol. The van der Waals surface area contributed by atoms with Gasteiger partial charge in [-0.25, -0.2) is 0 Å². The molecule has 0 saturated carbocycles. The molecule has 5 heteroatoms. The first kappa shape index (κ1) is 8.39. The lowest BCUT2D eigenvalue weighted by Crippen LogP contribution is -2.24. The van der Waals surface area contributed by atoms with Gasteiger partial charge in [0.1, 0.15) is 0 Å². The Labute approximate surface area is 68.9 Å². The quantitative estimate of drug-likeness (QED) is 0.624. The van der Waals surface area contributed by atoms with Crippen LogP contribution in [0.5, 0.6) is 0 Å². The summed E-state index contributed by atoms with van der Waals surface area (Å²) in [7, 11) is 0. The first-order valence-corrected chi connectivity index (χ1v) is 4.28. The van der Waals surface area contributed by atoms with E-state index >= 15 is 0 Å². The predicted octanol–water partition coefficient (Wildman–Crippen LogP) is 0.137. The van der Waals surface area contributed by atoms with Gasteiger partial charge in [0, 0.05) is 5.75 Å². The van der Waals surface area contributed by atoms with E-state index in [0.29, 0.717) is 10.9 Å². The number of nitrogens with zero attached hydrogens (tertiary/aromatic N) is 1. The second-order valence-electron chi connectivity index (χ2n) is 2.47. The molecular formula is C6H10N2O2S. The fourth-order valence-electron chi connectivity index (χ4n) is 0.829. The van der Waals surface area contributed by atoms with Gasteiger partial charge in [0.25, 0.3) is 0 Å². The van der Waals surface area contributed by atoms with Crippen LogP contribution >= 0.6 is 11.8 Å². The van der Waals surface area contributed by atoms with Crippen LogP contribution in [0, 0.1) is 5.92 Å². The van der Waals surface area contributed by atoms with Gasteiger partial charge in [0.15, 0.2) is 5.17 Å². The molecule has 0 saturated heterocycles. The van der Waals surface area contributed by atoms with Crippen molar-refractivity contribution in [1.29, 1.82) is 0 Å². The third kappa shape index (κ3) is 1.86. The van der Waals surface area contributed by atoms with Crippen molar-refractivity contribution in [1.82, 2.24) is 0 Å². The first-order valence-electron chi connectivity index (χ1n) is 3.30. The van der Waals surface area contributed by atoms with E-state index in [1.54, 1.807) is 6.92 Å². The van der Waals surface area contributed by atoms with Gasteiger partial charge in [-0.15, -0.1) is 0 Å². The topological polar surface area (TPSA) is 75.7 Å². The fourth-order valence-corrected chi connectivity index (χ4v) is 1.74. The Morgan fingerprint density at radius 1 is 2.00 bits per heavy atom. The largest absolute Gasteiger partial charge is 0.481 e. The number of nitrogens with two attached hydrogens (primary N) is 1. The highest BCUT2D eigenvalue weighted by atomic mass is 32.2. The van der Waals surface area contributed by atoms with E-state index in [2.05, 4.69) is 4.99 Å². The van der Waals surface area contributed by atoms with Gasteiger partial charge >= 0.3 is 5.97 Å². The number of aliphatic carboxylic acids is 1. The van der Waals surface area contributed by atoms with Crippen LogP contribution in [0.3, 0.4) is 0 Å². The number of amidine groups is 1. The van der Waals surface area contributed by atoms with Crippen molar-refractivity contribution in [3.63, 3.8) is 0 Å². The highest BCUT2D eigenvalue weighted by Crippen LogP contribution is 2.21. The van der Waals surface area contributed by atoms with Crippen molar-refractivity contribution in [2.24, 2.45) is 16.6 Å². The lowest BCUT2D eigenvalue weighted by Gasteiger charge is -2.09. The molecule has 2 atom stereocenters. The molecule has 0 aromatic carbocycles. The molecule has 0 aromatic rings. The molecule has 1 heterocycles. The van der Waals surface area contributed by atoms with Crippen molar-refractivity contribution >= 4 is 22.9 Å². The Bertz CT molecular complexity index is 205. The number of thioether (sulfide) groups is 1. The van der Waals surface area contributed by atoms with Crippen molar-refractivity contribution in [3.05, 3.63) is 0 Å². The Kier molecular flexibility index (Phi) is 2.38. The van der Waals surface area contributed by atoms with Crippen LogP contribution in [0.2, 0.25) is 0 Å². The minimum absolute atomic E-state index is 0.141. The summed E-state index contributed by atoms with van der Waals surface area (Å²) in [5, 5.41) is 9.11. The summed E-state index contributed by atoms with van der Waals surface area (Å²) in [6.07, 6.45) is 0. The number of hydrogen-bond acceptors (Lipinski definition) is 4. The minimum atomic E-state index is -0.811. The van der Waals surface area contributed by atoms with E-state index < -0.39 is 11.9 Å². The summed E-state index contributed by atoms with van der Waals surface area (Å²) >= 11 is 1.42. The molecule has 1 aliphatic rings. The fraction of sp³-hybridized carbons (Fsp3) is 0.667. The summed E-state index contributed by atoms with van der Waals surface area (Å²) in [6.45, 7) is 1.65. The molecular weight excluding hydrogens is 164 g/mol. The van der Waals surface area contributed by atoms with Gasteiger partial charge in [-0.2, -0.15) is 0 Å². The summed E-state index contributed by atoms with van der Waals surface area (Å²) in [5.41, 5.74) is 5.38. The zero-order chi connectivity index (χ0) is 8.43. The van der Waals surface area contributed by atoms with Gasteiger partial charge in [-0.05, 0) is 6.92 Å². The molecule has 0 unspecified atom stereocenters. The lowest BCUT2D eigenvalue weighted by atomic mass is 10.1. The molecule has 62 valence electrons. The standard InChI is InChI=1S/C6H10N2O2S/c1-3(5(9)10)4-2-11-6(7)8-4/h3-4H,2H2,1H3,(H2,7,8)(H,9,10)/t3-,4+/m1/s1. The van der Waals surface area contributed by atoms with Crippen molar-refractivity contribution in [3.8, 4) is 0 Å². The maximum atomic E-state index is 10.5. The number of hydrogen-bond donors (Lipinski definition) is 2. The number of carbonyl (C=O) groups is 1. The summed E-state index contributed by atoms with van der Waals surface area (Å²) in [4.78, 5) is 14.5. The maximum absolute atomic E-state index is 10.5. The summed E-state index contributed by atoms with van der Waals surface area (Å²) in [6, 6.07) is -0.141. The molecule has 0 aromatic heterocycles. The van der Waals surface area contributed by atoms with Crippen LogP contribution in [0.1, 0.15) is 6.92 Å². The van der Waals surface area contributed by atoms with Crippen LogP contribution in [-0.2, 0) is 4.79 Å². The zero-order valence-corrected chi connectivity index (χ0v) is 6.97. The normalized spacial score (nSPS) is 26.3. The smallest absolute Gasteiger partial charge is 0.308 e. The maximum Gasteiger partial charge on any atom is 0.308 e. The molecule has 11 heavy (non-hydrogen) atoms. The van der Waals surface area contributed by atoms with Crippen molar-refractivity contribution in [2.45, 2.75) is 13.0 Å². The zero-order valence-electron chi connectivity index (χ0n) is 6.15. The van der Waals surface area contributed by atoms with E-state index in [-0.39, 0.29) is 6.04 Å². The third-order valence-electron chi connectivity index (χ3n) is 1.66. The Morgan fingerprint density at radius 2 is 2.64 bits per heavy atom. The number of carboxylic acid groups (broad SMARTS) is 1. The predicted molar refractivity (Wildman–Crippen MR) is 44.7 cm³/mol. The van der Waals surface area contributed by atoms with E-state index in [1.807, 2.05) is 0 Å². The molecule has 4 nitrogen and oxygen atoms in total. The van der Waals surface area contributed by atoms with Gasteiger partial charge in [0.2, 0.25) is 0 Å². The second kappa shape index (κ2) is 3.13. The monoisotopic (exact) mass is 174 g/mol. The highest BCUT2D eigenvalue weighted by Gasteiger charge is 2.27. The second-order valence-corrected chi connectivity index (χ2v) is 3.51. The molecule has 3 N–H and O–H groups in total. The van der Waals surface area contributed by atoms with Gasteiger partial charge in [-0.3, -0.25) is 9.79 Å². The Hall–Kier alpha value is -0.710. The Balaban J connectivity index is 2.56. The molecule has 0 bridgehead atoms. The number of rotatable bonds is 2. The molecule has 0 radical (unpaired) electrons. The van der Waals surface area contributed by atoms with E-state index in [4.69, 9.17) is 10.8 Å². The molecule has 0 amide bonds. The third-order valence-corrected chi connectivity index (χ3v) is 2.57. The van der Waals surface area contributed by atoms with Crippen molar-refractivity contribution < 1.29 is 9.90 Å². The highest BCUT2D eigenvalue weighted by molar-refractivity contribution is 8.14. The van der Waals surface area contributed by atoms with Crippen LogP contribution in [-0.4, -0.2) is 28.0 Å².